The van der Waals surface area contributed by atoms with Gasteiger partial charge in [-0.3, -0.25) is 9.59 Å². The Hall–Kier alpha value is -3.97. The zero-order valence-electron chi connectivity index (χ0n) is 27.1. The predicted molar refractivity (Wildman–Crippen MR) is 175 cm³/mol. The Bertz CT molecular complexity index is 1400. The lowest BCUT2D eigenvalue weighted by atomic mass is 9.88. The summed E-state index contributed by atoms with van der Waals surface area (Å²) < 4.78 is 17.5. The average Bonchev–Trinajstić information content (AvgIpc) is 3.68. The smallest absolute Gasteiger partial charge is 0.350 e. The Morgan fingerprint density at radius 1 is 1.00 bits per heavy atom. The second kappa shape index (κ2) is 15.8. The Morgan fingerprint density at radius 2 is 1.69 bits per heavy atom. The zero-order chi connectivity index (χ0) is 32.4. The molecule has 0 radical (unpaired) electrons. The van der Waals surface area contributed by atoms with Gasteiger partial charge in [-0.15, -0.1) is 0 Å². The van der Waals surface area contributed by atoms with Crippen molar-refractivity contribution in [3.8, 4) is 0 Å². The molecule has 5 atom stereocenters. The SMILES string of the molecule is C=C(C)[C@@H]1C/C=C(\COC(=O)[C@H](OC(C)=O)C(NC(=O)c2ccccc2)c2ccccc2)CC[C@H]2O[C@]2(C)CC/C=C(\C)CC1. The van der Waals surface area contributed by atoms with Crippen molar-refractivity contribution in [1.29, 1.82) is 0 Å². The van der Waals surface area contributed by atoms with Gasteiger partial charge in [-0.2, -0.15) is 0 Å². The van der Waals surface area contributed by atoms with Gasteiger partial charge in [0.25, 0.3) is 5.91 Å². The van der Waals surface area contributed by atoms with Crippen LogP contribution in [0.1, 0.15) is 94.6 Å². The molecule has 2 aliphatic rings. The molecule has 0 bridgehead atoms. The third kappa shape index (κ3) is 10.0. The molecular weight excluding hydrogens is 566 g/mol. The minimum Gasteiger partial charge on any atom is -0.458 e. The Balaban J connectivity index is 1.54. The first kappa shape index (κ1) is 33.9. The van der Waals surface area contributed by atoms with Crippen molar-refractivity contribution in [2.45, 2.75) is 96.5 Å². The van der Waals surface area contributed by atoms with Crippen LogP contribution in [-0.4, -0.2) is 42.3 Å². The number of hydrogen-bond acceptors (Lipinski definition) is 6. The van der Waals surface area contributed by atoms with Crippen LogP contribution in [-0.2, 0) is 23.8 Å². The summed E-state index contributed by atoms with van der Waals surface area (Å²) in [5, 5.41) is 2.91. The summed E-state index contributed by atoms with van der Waals surface area (Å²) in [6.07, 6.45) is 9.63. The van der Waals surface area contributed by atoms with Gasteiger partial charge in [0.2, 0.25) is 6.10 Å². The van der Waals surface area contributed by atoms with Gasteiger partial charge in [-0.05, 0) is 94.9 Å². The molecule has 1 N–H and O–H groups in total. The molecule has 2 aromatic carbocycles. The zero-order valence-corrected chi connectivity index (χ0v) is 27.1. The molecule has 1 saturated heterocycles. The van der Waals surface area contributed by atoms with Gasteiger partial charge < -0.3 is 19.5 Å². The summed E-state index contributed by atoms with van der Waals surface area (Å²) >= 11 is 0. The monoisotopic (exact) mass is 613 g/mol. The molecule has 7 nitrogen and oxygen atoms in total. The van der Waals surface area contributed by atoms with Crippen molar-refractivity contribution >= 4 is 17.8 Å². The minimum absolute atomic E-state index is 0.0516. The molecule has 1 amide bonds. The molecule has 0 saturated carbocycles. The number of fused-ring (bicyclic) bond motifs is 1. The molecule has 1 unspecified atom stereocenters. The van der Waals surface area contributed by atoms with E-state index in [1.165, 1.54) is 12.5 Å². The van der Waals surface area contributed by atoms with Gasteiger partial charge >= 0.3 is 11.9 Å². The number of ether oxygens (including phenoxy) is 3. The number of carbonyl (C=O) groups is 3. The van der Waals surface area contributed by atoms with E-state index >= 15 is 0 Å². The Kier molecular flexibility index (Phi) is 11.9. The summed E-state index contributed by atoms with van der Waals surface area (Å²) in [6, 6.07) is 16.7. The van der Waals surface area contributed by atoms with Crippen LogP contribution in [0.25, 0.3) is 0 Å². The van der Waals surface area contributed by atoms with Crippen LogP contribution in [0.5, 0.6) is 0 Å². The number of hydrogen-bond donors (Lipinski definition) is 1. The maximum atomic E-state index is 13.7. The predicted octanol–water partition coefficient (Wildman–Crippen LogP) is 7.60. The average molecular weight is 614 g/mol. The largest absolute Gasteiger partial charge is 0.458 e. The van der Waals surface area contributed by atoms with E-state index in [0.29, 0.717) is 17.0 Å². The van der Waals surface area contributed by atoms with Crippen LogP contribution in [0.4, 0.5) is 0 Å². The van der Waals surface area contributed by atoms with Gasteiger partial charge in [0, 0.05) is 12.5 Å². The van der Waals surface area contributed by atoms with E-state index in [4.69, 9.17) is 14.2 Å². The number of epoxide rings is 1. The lowest BCUT2D eigenvalue weighted by Gasteiger charge is -2.27. The van der Waals surface area contributed by atoms with Crippen LogP contribution in [0.3, 0.4) is 0 Å². The molecule has 45 heavy (non-hydrogen) atoms. The van der Waals surface area contributed by atoms with Crippen LogP contribution in [0.15, 0.2) is 96.1 Å². The second-order valence-corrected chi connectivity index (χ2v) is 12.6. The van der Waals surface area contributed by atoms with E-state index in [1.54, 1.807) is 48.5 Å². The first-order valence-corrected chi connectivity index (χ1v) is 16.0. The third-order valence-corrected chi connectivity index (χ3v) is 8.88. The molecule has 1 heterocycles. The van der Waals surface area contributed by atoms with Crippen LogP contribution >= 0.6 is 0 Å². The van der Waals surface area contributed by atoms with E-state index in [-0.39, 0.29) is 18.3 Å². The molecule has 0 spiro atoms. The normalized spacial score (nSPS) is 25.8. The molecule has 1 aliphatic heterocycles. The topological polar surface area (TPSA) is 94.2 Å². The number of rotatable bonds is 9. The Labute approximate surface area is 267 Å². The highest BCUT2D eigenvalue weighted by Gasteiger charge is 2.50. The van der Waals surface area contributed by atoms with Gasteiger partial charge in [-0.1, -0.05) is 78.4 Å². The van der Waals surface area contributed by atoms with Crippen LogP contribution in [0.2, 0.25) is 0 Å². The highest BCUT2D eigenvalue weighted by Crippen LogP contribution is 2.44. The number of benzene rings is 2. The molecule has 0 aromatic heterocycles. The highest BCUT2D eigenvalue weighted by atomic mass is 16.6. The second-order valence-electron chi connectivity index (χ2n) is 12.6. The van der Waals surface area contributed by atoms with Crippen molar-refractivity contribution in [3.05, 3.63) is 107 Å². The fraction of sp³-hybridized carbons (Fsp3) is 0.447. The first-order chi connectivity index (χ1) is 21.6. The number of carbonyl (C=O) groups excluding carboxylic acids is 3. The van der Waals surface area contributed by atoms with Crippen LogP contribution in [0, 0.1) is 5.92 Å². The maximum absolute atomic E-state index is 13.7. The van der Waals surface area contributed by atoms with Crippen molar-refractivity contribution < 1.29 is 28.6 Å². The van der Waals surface area contributed by atoms with E-state index in [1.807, 2.05) is 12.1 Å². The standard InChI is InChI=1S/C38H47NO6/c1-26(2)30-21-18-27(3)13-12-24-38(5)33(45-38)23-20-29(19-22-30)25-43-37(42)35(44-28(4)40)34(31-14-8-6-9-15-31)39-36(41)32-16-10-7-11-17-32/h6-11,13-17,19,30,33-35H,1,12,18,20-25H2,2-5H3,(H,39,41)/b27-13+,29-19-/t30-,33+,34?,35+,38+/m0/s1. The summed E-state index contributed by atoms with van der Waals surface area (Å²) in [7, 11) is 0. The van der Waals surface area contributed by atoms with E-state index in [0.717, 1.165) is 56.1 Å². The van der Waals surface area contributed by atoms with E-state index < -0.39 is 30.0 Å². The third-order valence-electron chi connectivity index (χ3n) is 8.88. The van der Waals surface area contributed by atoms with E-state index in [9.17, 15) is 14.4 Å². The van der Waals surface area contributed by atoms with Crippen molar-refractivity contribution in [2.24, 2.45) is 5.92 Å². The van der Waals surface area contributed by atoms with Gasteiger partial charge in [0.15, 0.2) is 0 Å². The van der Waals surface area contributed by atoms with Crippen molar-refractivity contribution in [2.75, 3.05) is 6.61 Å². The number of esters is 2. The fourth-order valence-electron chi connectivity index (χ4n) is 5.89. The number of nitrogens with one attached hydrogen (secondary N) is 1. The van der Waals surface area contributed by atoms with Gasteiger partial charge in [0.1, 0.15) is 12.6 Å². The van der Waals surface area contributed by atoms with Gasteiger partial charge in [-0.25, -0.2) is 4.79 Å². The van der Waals surface area contributed by atoms with Crippen molar-refractivity contribution in [1.82, 2.24) is 5.32 Å². The maximum Gasteiger partial charge on any atom is 0.350 e. The lowest BCUT2D eigenvalue weighted by molar-refractivity contribution is -0.168. The summed E-state index contributed by atoms with van der Waals surface area (Å²) in [5.41, 5.74) is 4.43. The molecule has 1 aliphatic carbocycles. The van der Waals surface area contributed by atoms with E-state index in [2.05, 4.69) is 44.8 Å². The summed E-state index contributed by atoms with van der Waals surface area (Å²) in [4.78, 5) is 39.2. The van der Waals surface area contributed by atoms with Crippen molar-refractivity contribution in [3.63, 3.8) is 0 Å². The summed E-state index contributed by atoms with van der Waals surface area (Å²) in [5.74, 6) is -1.46. The molecule has 7 heteroatoms. The quantitative estimate of drug-likeness (QED) is 0.178. The van der Waals surface area contributed by atoms with Crippen LogP contribution < -0.4 is 5.32 Å². The highest BCUT2D eigenvalue weighted by molar-refractivity contribution is 5.95. The van der Waals surface area contributed by atoms with Gasteiger partial charge in [0.05, 0.1) is 11.7 Å². The Morgan fingerprint density at radius 3 is 2.36 bits per heavy atom. The molecule has 1 fully saturated rings. The lowest BCUT2D eigenvalue weighted by Crippen LogP contribution is -2.43. The molecule has 4 rings (SSSR count). The molecular formula is C38H47NO6. The first-order valence-electron chi connectivity index (χ1n) is 16.0. The number of amides is 1. The fourth-order valence-corrected chi connectivity index (χ4v) is 5.89. The molecule has 2 aromatic rings. The minimum atomic E-state index is -1.38. The number of allylic oxidation sites excluding steroid dienone is 4. The molecule has 240 valence electrons. The summed E-state index contributed by atoms with van der Waals surface area (Å²) in [6.45, 7) is 12.0.